The van der Waals surface area contributed by atoms with Gasteiger partial charge in [0.15, 0.2) is 5.57 Å². The van der Waals surface area contributed by atoms with Crippen molar-refractivity contribution in [3.63, 3.8) is 0 Å². The van der Waals surface area contributed by atoms with Crippen LogP contribution in [0.25, 0.3) is 16.7 Å². The Labute approximate surface area is 178 Å². The van der Waals surface area contributed by atoms with E-state index in [1.54, 1.807) is 10.9 Å². The van der Waals surface area contributed by atoms with Crippen molar-refractivity contribution in [2.75, 3.05) is 11.9 Å². The Balaban J connectivity index is 1.59. The molecule has 1 aliphatic heterocycles. The van der Waals surface area contributed by atoms with Crippen molar-refractivity contribution in [3.05, 3.63) is 53.7 Å². The molecule has 0 aliphatic carbocycles. The maximum Gasteiger partial charge on any atom is 0.350 e. The summed E-state index contributed by atoms with van der Waals surface area (Å²) in [6.45, 7) is 7.41. The van der Waals surface area contributed by atoms with E-state index in [1.807, 2.05) is 44.2 Å². The van der Waals surface area contributed by atoms with Gasteiger partial charge >= 0.3 is 11.9 Å². The molecule has 0 amide bonds. The number of nitrogens with one attached hydrogen (secondary N) is 1. The number of cyclic esters (lactones) is 2. The van der Waals surface area contributed by atoms with Crippen LogP contribution in [-0.2, 0) is 19.1 Å². The molecule has 0 atom stereocenters. The third-order valence-corrected chi connectivity index (χ3v) is 4.59. The molecule has 0 unspecified atom stereocenters. The lowest BCUT2D eigenvalue weighted by Gasteiger charge is -2.29. The van der Waals surface area contributed by atoms with Gasteiger partial charge in [0.25, 0.3) is 5.79 Å². The van der Waals surface area contributed by atoms with E-state index in [9.17, 15) is 9.59 Å². The summed E-state index contributed by atoms with van der Waals surface area (Å²) in [4.78, 5) is 25.7. The van der Waals surface area contributed by atoms with Crippen molar-refractivity contribution < 1.29 is 23.8 Å². The topological polar surface area (TPSA) is 105 Å². The summed E-state index contributed by atoms with van der Waals surface area (Å²) >= 11 is 0. The third kappa shape index (κ3) is 4.20. The average Bonchev–Trinajstić information content (AvgIpc) is 3.10. The molecule has 1 aliphatic rings. The summed E-state index contributed by atoms with van der Waals surface area (Å²) in [7, 11) is 0. The normalized spacial score (nSPS) is 15.4. The number of aromatic nitrogens is 3. The molecule has 4 rings (SSSR count). The lowest BCUT2D eigenvalue weighted by atomic mass is 10.1. The number of benzene rings is 2. The number of ether oxygens (including phenoxy) is 3. The van der Waals surface area contributed by atoms with Gasteiger partial charge in [-0.3, -0.25) is 0 Å². The summed E-state index contributed by atoms with van der Waals surface area (Å²) in [5, 5.41) is 12.0. The minimum atomic E-state index is -1.28. The molecule has 1 fully saturated rings. The van der Waals surface area contributed by atoms with Crippen molar-refractivity contribution in [2.24, 2.45) is 0 Å². The molecule has 0 spiro atoms. The van der Waals surface area contributed by atoms with Crippen LogP contribution in [0.3, 0.4) is 0 Å². The van der Waals surface area contributed by atoms with Crippen molar-refractivity contribution >= 4 is 28.7 Å². The average molecular weight is 422 g/mol. The van der Waals surface area contributed by atoms with Crippen LogP contribution < -0.4 is 10.1 Å². The number of fused-ring (bicyclic) bond motifs is 1. The van der Waals surface area contributed by atoms with Gasteiger partial charge in [-0.25, -0.2) is 9.59 Å². The summed E-state index contributed by atoms with van der Waals surface area (Å²) in [6, 6.07) is 11.1. The Morgan fingerprint density at radius 1 is 1.06 bits per heavy atom. The summed E-state index contributed by atoms with van der Waals surface area (Å²) in [6.07, 6.45) is 1.28. The van der Waals surface area contributed by atoms with Gasteiger partial charge in [0.05, 0.1) is 12.3 Å². The highest BCUT2D eigenvalue weighted by atomic mass is 16.7. The van der Waals surface area contributed by atoms with Crippen molar-refractivity contribution in [1.82, 2.24) is 15.0 Å². The number of aryl methyl sites for hydroxylation is 1. The Morgan fingerprint density at radius 3 is 2.29 bits per heavy atom. The molecule has 9 heteroatoms. The minimum Gasteiger partial charge on any atom is -0.494 e. The highest BCUT2D eigenvalue weighted by Gasteiger charge is 2.38. The zero-order chi connectivity index (χ0) is 22.2. The SMILES string of the molecule is CCOc1ccc(-n2nc3cc(C)c(NC=C4C(=O)OC(C)(C)OC4=O)cc3n2)cc1. The van der Waals surface area contributed by atoms with Crippen LogP contribution >= 0.6 is 0 Å². The molecule has 1 saturated heterocycles. The standard InChI is InChI=1S/C22H22N4O5/c1-5-29-15-8-6-14(7-9-15)26-24-18-10-13(2)17(11-19(18)25-26)23-12-16-20(27)30-22(3,4)31-21(16)28/h6-12,23H,5H2,1-4H3. The molecule has 2 aromatic carbocycles. The van der Waals surface area contributed by atoms with Gasteiger partial charge in [0.1, 0.15) is 16.8 Å². The highest BCUT2D eigenvalue weighted by molar-refractivity contribution is 6.15. The fourth-order valence-electron chi connectivity index (χ4n) is 3.11. The first-order valence-corrected chi connectivity index (χ1v) is 9.80. The van der Waals surface area contributed by atoms with Crippen LogP contribution in [0, 0.1) is 6.92 Å². The van der Waals surface area contributed by atoms with Crippen molar-refractivity contribution in [2.45, 2.75) is 33.5 Å². The van der Waals surface area contributed by atoms with Crippen LogP contribution in [0.1, 0.15) is 26.3 Å². The lowest BCUT2D eigenvalue weighted by Crippen LogP contribution is -2.42. The van der Waals surface area contributed by atoms with Gasteiger partial charge in [-0.05, 0) is 55.8 Å². The van der Waals surface area contributed by atoms with Gasteiger partial charge in [0.2, 0.25) is 0 Å². The van der Waals surface area contributed by atoms with Gasteiger partial charge in [-0.2, -0.15) is 4.80 Å². The van der Waals surface area contributed by atoms with Crippen molar-refractivity contribution in [1.29, 1.82) is 0 Å². The molecule has 0 saturated carbocycles. The third-order valence-electron chi connectivity index (χ3n) is 4.59. The molecule has 160 valence electrons. The molecule has 0 bridgehead atoms. The van der Waals surface area contributed by atoms with E-state index in [0.717, 1.165) is 17.0 Å². The summed E-state index contributed by atoms with van der Waals surface area (Å²) in [5.74, 6) is -1.98. The second kappa shape index (κ2) is 7.75. The predicted octanol–water partition coefficient (Wildman–Crippen LogP) is 3.26. The molecule has 0 radical (unpaired) electrons. The second-order valence-corrected chi connectivity index (χ2v) is 7.45. The quantitative estimate of drug-likeness (QED) is 0.380. The zero-order valence-corrected chi connectivity index (χ0v) is 17.6. The number of rotatable bonds is 5. The fraction of sp³-hybridized carbons (Fsp3) is 0.273. The number of anilines is 1. The molecule has 1 N–H and O–H groups in total. The Kier molecular flexibility index (Phi) is 5.10. The molecule has 2 heterocycles. The van der Waals surface area contributed by atoms with E-state index < -0.39 is 17.7 Å². The molecule has 1 aromatic heterocycles. The van der Waals surface area contributed by atoms with E-state index in [1.165, 1.54) is 20.0 Å². The van der Waals surface area contributed by atoms with Gasteiger partial charge in [-0.15, -0.1) is 10.2 Å². The van der Waals surface area contributed by atoms with Crippen LogP contribution in [0.5, 0.6) is 5.75 Å². The van der Waals surface area contributed by atoms with Gasteiger partial charge in [0, 0.05) is 25.7 Å². The molecule has 3 aromatic rings. The molecule has 9 nitrogen and oxygen atoms in total. The Bertz CT molecular complexity index is 1170. The molecular weight excluding hydrogens is 400 g/mol. The van der Waals surface area contributed by atoms with Crippen LogP contribution in [0.2, 0.25) is 0 Å². The van der Waals surface area contributed by atoms with E-state index >= 15 is 0 Å². The predicted molar refractivity (Wildman–Crippen MR) is 113 cm³/mol. The van der Waals surface area contributed by atoms with E-state index in [4.69, 9.17) is 14.2 Å². The maximum atomic E-state index is 12.1. The first kappa shape index (κ1) is 20.4. The van der Waals surface area contributed by atoms with Crippen LogP contribution in [0.4, 0.5) is 5.69 Å². The lowest BCUT2D eigenvalue weighted by molar-refractivity contribution is -0.222. The maximum absolute atomic E-state index is 12.1. The zero-order valence-electron chi connectivity index (χ0n) is 17.6. The Morgan fingerprint density at radius 2 is 1.68 bits per heavy atom. The number of hydrogen-bond donors (Lipinski definition) is 1. The first-order valence-electron chi connectivity index (χ1n) is 9.80. The van der Waals surface area contributed by atoms with E-state index in [0.29, 0.717) is 23.3 Å². The largest absolute Gasteiger partial charge is 0.494 e. The molecular formula is C22H22N4O5. The summed E-state index contributed by atoms with van der Waals surface area (Å²) in [5.41, 5.74) is 3.48. The number of carbonyl (C=O) groups excluding carboxylic acids is 2. The number of hydrogen-bond acceptors (Lipinski definition) is 8. The van der Waals surface area contributed by atoms with Crippen LogP contribution in [0.15, 0.2) is 48.2 Å². The number of nitrogens with zero attached hydrogens (tertiary/aromatic N) is 3. The second-order valence-electron chi connectivity index (χ2n) is 7.45. The van der Waals surface area contributed by atoms with Gasteiger partial charge in [-0.1, -0.05) is 0 Å². The Hall–Kier alpha value is -3.88. The van der Waals surface area contributed by atoms with Crippen molar-refractivity contribution in [3.8, 4) is 11.4 Å². The first-order chi connectivity index (χ1) is 14.8. The minimum absolute atomic E-state index is 0.211. The summed E-state index contributed by atoms with van der Waals surface area (Å²) < 4.78 is 15.7. The molecule has 31 heavy (non-hydrogen) atoms. The fourth-order valence-corrected chi connectivity index (χ4v) is 3.11. The smallest absolute Gasteiger partial charge is 0.350 e. The number of carbonyl (C=O) groups is 2. The highest BCUT2D eigenvalue weighted by Crippen LogP contribution is 2.25. The van der Waals surface area contributed by atoms with E-state index in [2.05, 4.69) is 15.5 Å². The number of esters is 2. The monoisotopic (exact) mass is 422 g/mol. The van der Waals surface area contributed by atoms with Gasteiger partial charge < -0.3 is 19.5 Å². The van der Waals surface area contributed by atoms with E-state index in [-0.39, 0.29) is 5.57 Å². The van der Waals surface area contributed by atoms with Crippen LogP contribution in [-0.4, -0.2) is 39.3 Å².